The molecule has 3 aromatic rings. The molecular formula is C27H28N2O4. The maximum absolute atomic E-state index is 12.3. The third-order valence-electron chi connectivity index (χ3n) is 5.20. The molecule has 0 aliphatic heterocycles. The number of anilines is 1. The summed E-state index contributed by atoms with van der Waals surface area (Å²) in [5.41, 5.74) is 5.16. The Morgan fingerprint density at radius 2 is 1.52 bits per heavy atom. The van der Waals surface area contributed by atoms with E-state index in [9.17, 15) is 14.4 Å². The number of rotatable bonds is 8. The number of carbonyl (C=O) groups is 3. The van der Waals surface area contributed by atoms with Gasteiger partial charge < -0.3 is 15.4 Å². The second-order valence-electron chi connectivity index (χ2n) is 8.03. The molecule has 3 rings (SSSR count). The van der Waals surface area contributed by atoms with E-state index in [-0.39, 0.29) is 12.5 Å². The van der Waals surface area contributed by atoms with E-state index in [2.05, 4.69) is 10.6 Å². The molecule has 0 atom stereocenters. The third-order valence-corrected chi connectivity index (χ3v) is 5.20. The van der Waals surface area contributed by atoms with Gasteiger partial charge in [0.05, 0.1) is 0 Å². The lowest BCUT2D eigenvalue weighted by molar-refractivity contribution is -0.146. The second-order valence-corrected chi connectivity index (χ2v) is 8.03. The molecule has 0 spiro atoms. The van der Waals surface area contributed by atoms with Crippen molar-refractivity contribution in [2.45, 2.75) is 26.7 Å². The summed E-state index contributed by atoms with van der Waals surface area (Å²) in [5.74, 6) is -1.27. The summed E-state index contributed by atoms with van der Waals surface area (Å²) in [6, 6.07) is 22.7. The zero-order valence-electron chi connectivity index (χ0n) is 19.1. The van der Waals surface area contributed by atoms with Gasteiger partial charge in [-0.1, -0.05) is 74.5 Å². The Hall–Kier alpha value is -3.93. The molecule has 0 saturated carbocycles. The molecule has 0 aliphatic rings. The lowest BCUT2D eigenvalue weighted by atomic mass is 9.98. The molecule has 0 heterocycles. The average Bonchev–Trinajstić information content (AvgIpc) is 2.83. The van der Waals surface area contributed by atoms with E-state index >= 15 is 0 Å². The molecule has 3 aromatic carbocycles. The minimum Gasteiger partial charge on any atom is -0.454 e. The lowest BCUT2D eigenvalue weighted by Gasteiger charge is -2.16. The number of nitrogens with one attached hydrogen (secondary N) is 2. The molecule has 0 radical (unpaired) electrons. The SMILES string of the molecule is Cc1cccc(C(C)C)c1NC(=O)COC(=O)CNC(=O)c1ccc(-c2ccccc2)cc1. The van der Waals surface area contributed by atoms with Crippen LogP contribution in [0.4, 0.5) is 5.69 Å². The maximum atomic E-state index is 12.3. The first kappa shape index (κ1) is 23.7. The van der Waals surface area contributed by atoms with E-state index in [1.807, 2.05) is 81.4 Å². The topological polar surface area (TPSA) is 84.5 Å². The van der Waals surface area contributed by atoms with Gasteiger partial charge in [0.15, 0.2) is 6.61 Å². The molecule has 170 valence electrons. The van der Waals surface area contributed by atoms with Crippen LogP contribution < -0.4 is 10.6 Å². The van der Waals surface area contributed by atoms with Gasteiger partial charge >= 0.3 is 5.97 Å². The summed E-state index contributed by atoms with van der Waals surface area (Å²) in [6.07, 6.45) is 0. The first-order valence-corrected chi connectivity index (χ1v) is 10.8. The molecule has 33 heavy (non-hydrogen) atoms. The van der Waals surface area contributed by atoms with Crippen LogP contribution in [0.1, 0.15) is 41.3 Å². The van der Waals surface area contributed by atoms with E-state index in [0.717, 1.165) is 27.9 Å². The largest absolute Gasteiger partial charge is 0.454 e. The Morgan fingerprint density at radius 1 is 0.848 bits per heavy atom. The van der Waals surface area contributed by atoms with Crippen molar-refractivity contribution in [3.05, 3.63) is 89.5 Å². The van der Waals surface area contributed by atoms with Crippen LogP contribution in [0.5, 0.6) is 0 Å². The molecule has 6 heteroatoms. The number of aryl methyl sites for hydroxylation is 1. The van der Waals surface area contributed by atoms with Gasteiger partial charge in [-0.15, -0.1) is 0 Å². The van der Waals surface area contributed by atoms with Crippen LogP contribution in [-0.2, 0) is 14.3 Å². The molecule has 0 aromatic heterocycles. The van der Waals surface area contributed by atoms with Gasteiger partial charge in [-0.25, -0.2) is 0 Å². The highest BCUT2D eigenvalue weighted by molar-refractivity contribution is 5.97. The van der Waals surface area contributed by atoms with Crippen molar-refractivity contribution in [3.63, 3.8) is 0 Å². The van der Waals surface area contributed by atoms with Gasteiger partial charge in [-0.2, -0.15) is 0 Å². The van der Waals surface area contributed by atoms with Crippen LogP contribution in [0.2, 0.25) is 0 Å². The number of ether oxygens (including phenoxy) is 1. The molecule has 2 amide bonds. The number of carbonyl (C=O) groups excluding carboxylic acids is 3. The van der Waals surface area contributed by atoms with Crippen LogP contribution in [0.25, 0.3) is 11.1 Å². The monoisotopic (exact) mass is 444 g/mol. The van der Waals surface area contributed by atoms with Gasteiger partial charge in [0.2, 0.25) is 0 Å². The number of amides is 2. The Balaban J connectivity index is 1.47. The fourth-order valence-electron chi connectivity index (χ4n) is 3.41. The smallest absolute Gasteiger partial charge is 0.325 e. The van der Waals surface area contributed by atoms with E-state index in [0.29, 0.717) is 5.56 Å². The number of para-hydroxylation sites is 1. The van der Waals surface area contributed by atoms with Crippen LogP contribution in [0.15, 0.2) is 72.8 Å². The Bertz CT molecular complexity index is 1120. The Labute approximate surface area is 194 Å². The predicted molar refractivity (Wildman–Crippen MR) is 129 cm³/mol. The number of benzene rings is 3. The highest BCUT2D eigenvalue weighted by atomic mass is 16.5. The molecule has 2 N–H and O–H groups in total. The molecule has 0 saturated heterocycles. The number of hydrogen-bond acceptors (Lipinski definition) is 4. The van der Waals surface area contributed by atoms with Gasteiger partial charge in [0, 0.05) is 11.3 Å². The van der Waals surface area contributed by atoms with E-state index in [4.69, 9.17) is 4.74 Å². The van der Waals surface area contributed by atoms with Crippen molar-refractivity contribution in [2.75, 3.05) is 18.5 Å². The van der Waals surface area contributed by atoms with Crippen molar-refractivity contribution in [1.29, 1.82) is 0 Å². The van der Waals surface area contributed by atoms with Crippen LogP contribution >= 0.6 is 0 Å². The molecule has 0 unspecified atom stereocenters. The van der Waals surface area contributed by atoms with E-state index < -0.39 is 24.4 Å². The zero-order valence-corrected chi connectivity index (χ0v) is 19.1. The fourth-order valence-corrected chi connectivity index (χ4v) is 3.41. The molecule has 0 fully saturated rings. The quantitative estimate of drug-likeness (QED) is 0.494. The van der Waals surface area contributed by atoms with Gasteiger partial charge in [-0.3, -0.25) is 14.4 Å². The summed E-state index contributed by atoms with van der Waals surface area (Å²) in [4.78, 5) is 36.6. The summed E-state index contributed by atoms with van der Waals surface area (Å²) >= 11 is 0. The fraction of sp³-hybridized carbons (Fsp3) is 0.222. The standard InChI is InChI=1S/C27H28N2O4/c1-18(2)23-11-7-8-19(3)26(23)29-24(30)17-33-25(31)16-28-27(32)22-14-12-21(13-15-22)20-9-5-4-6-10-20/h4-15,18H,16-17H2,1-3H3,(H,28,32)(H,29,30). The van der Waals surface area contributed by atoms with Crippen molar-refractivity contribution in [3.8, 4) is 11.1 Å². The van der Waals surface area contributed by atoms with E-state index in [1.165, 1.54) is 0 Å². The normalized spacial score (nSPS) is 10.5. The second kappa shape index (κ2) is 11.1. The first-order chi connectivity index (χ1) is 15.8. The summed E-state index contributed by atoms with van der Waals surface area (Å²) in [5, 5.41) is 5.34. The molecule has 0 bridgehead atoms. The van der Waals surface area contributed by atoms with Crippen molar-refractivity contribution in [2.24, 2.45) is 0 Å². The number of hydrogen-bond donors (Lipinski definition) is 2. The Morgan fingerprint density at radius 3 is 2.18 bits per heavy atom. The predicted octanol–water partition coefficient (Wildman–Crippen LogP) is 4.70. The lowest BCUT2D eigenvalue weighted by Crippen LogP contribution is -2.32. The minimum atomic E-state index is -0.687. The Kier molecular flexibility index (Phi) is 7.97. The zero-order chi connectivity index (χ0) is 23.8. The minimum absolute atomic E-state index is 0.236. The summed E-state index contributed by atoms with van der Waals surface area (Å²) < 4.78 is 5.01. The number of esters is 1. The first-order valence-electron chi connectivity index (χ1n) is 10.8. The molecule has 0 aliphatic carbocycles. The van der Waals surface area contributed by atoms with Crippen molar-refractivity contribution < 1.29 is 19.1 Å². The molecular weight excluding hydrogens is 416 g/mol. The van der Waals surface area contributed by atoms with Crippen molar-refractivity contribution >= 4 is 23.5 Å². The highest BCUT2D eigenvalue weighted by Gasteiger charge is 2.14. The summed E-state index contributed by atoms with van der Waals surface area (Å²) in [7, 11) is 0. The maximum Gasteiger partial charge on any atom is 0.325 e. The van der Waals surface area contributed by atoms with Gasteiger partial charge in [0.25, 0.3) is 11.8 Å². The van der Waals surface area contributed by atoms with Crippen LogP contribution in [-0.4, -0.2) is 30.9 Å². The van der Waals surface area contributed by atoms with Gasteiger partial charge in [-0.05, 0) is 47.2 Å². The van der Waals surface area contributed by atoms with Crippen LogP contribution in [0, 0.1) is 6.92 Å². The summed E-state index contributed by atoms with van der Waals surface area (Å²) in [6.45, 7) is 5.25. The van der Waals surface area contributed by atoms with Gasteiger partial charge in [0.1, 0.15) is 6.54 Å². The van der Waals surface area contributed by atoms with E-state index in [1.54, 1.807) is 12.1 Å². The van der Waals surface area contributed by atoms with Crippen molar-refractivity contribution in [1.82, 2.24) is 5.32 Å². The van der Waals surface area contributed by atoms with Crippen LogP contribution in [0.3, 0.4) is 0 Å². The highest BCUT2D eigenvalue weighted by Crippen LogP contribution is 2.27. The third kappa shape index (κ3) is 6.53. The molecule has 6 nitrogen and oxygen atoms in total. The average molecular weight is 445 g/mol.